The van der Waals surface area contributed by atoms with E-state index in [4.69, 9.17) is 5.26 Å². The molecule has 0 radical (unpaired) electrons. The average molecular weight is 243 g/mol. The second-order valence-electron chi connectivity index (χ2n) is 3.85. The molecule has 0 saturated heterocycles. The lowest BCUT2D eigenvalue weighted by atomic mass is 10.2. The van der Waals surface area contributed by atoms with Crippen LogP contribution in [-0.2, 0) is 0 Å². The molecule has 1 aromatic rings. The topological polar surface area (TPSA) is 39.9 Å². The van der Waals surface area contributed by atoms with Crippen LogP contribution in [0.25, 0.3) is 0 Å². The summed E-state index contributed by atoms with van der Waals surface area (Å²) in [4.78, 5) is 5.00. The molecule has 0 unspecified atom stereocenters. The number of aromatic nitrogens is 1. The minimum atomic E-state index is -4.28. The second-order valence-corrected chi connectivity index (χ2v) is 3.85. The Labute approximate surface area is 97.5 Å². The third kappa shape index (κ3) is 3.94. The SMILES string of the molecule is CC(C)N(CC(F)(F)F)c1ccc(C#N)cn1. The van der Waals surface area contributed by atoms with Crippen LogP contribution in [0.2, 0.25) is 0 Å². The highest BCUT2D eigenvalue weighted by molar-refractivity contribution is 5.42. The second kappa shape index (κ2) is 5.04. The number of hydrogen-bond donors (Lipinski definition) is 0. The molecule has 17 heavy (non-hydrogen) atoms. The normalized spacial score (nSPS) is 11.4. The predicted molar refractivity (Wildman–Crippen MR) is 57.5 cm³/mol. The quantitative estimate of drug-likeness (QED) is 0.819. The Morgan fingerprint density at radius 2 is 2.06 bits per heavy atom. The number of rotatable bonds is 3. The fraction of sp³-hybridized carbons (Fsp3) is 0.455. The van der Waals surface area contributed by atoms with Gasteiger partial charge in [0.1, 0.15) is 18.4 Å². The van der Waals surface area contributed by atoms with E-state index in [1.165, 1.54) is 18.3 Å². The number of anilines is 1. The lowest BCUT2D eigenvalue weighted by Gasteiger charge is -2.28. The fourth-order valence-electron chi connectivity index (χ4n) is 1.34. The Bertz CT molecular complexity index is 403. The Morgan fingerprint density at radius 3 is 2.41 bits per heavy atom. The monoisotopic (exact) mass is 243 g/mol. The van der Waals surface area contributed by atoms with Gasteiger partial charge >= 0.3 is 6.18 Å². The summed E-state index contributed by atoms with van der Waals surface area (Å²) in [5, 5.41) is 8.58. The number of nitrogens with zero attached hydrogens (tertiary/aromatic N) is 3. The number of halogens is 3. The van der Waals surface area contributed by atoms with Gasteiger partial charge in [0.25, 0.3) is 0 Å². The average Bonchev–Trinajstić information content (AvgIpc) is 2.25. The molecule has 0 aliphatic heterocycles. The number of hydrogen-bond acceptors (Lipinski definition) is 3. The van der Waals surface area contributed by atoms with E-state index in [0.29, 0.717) is 5.56 Å². The van der Waals surface area contributed by atoms with Crippen LogP contribution in [-0.4, -0.2) is 23.7 Å². The van der Waals surface area contributed by atoms with Crippen LogP contribution in [0.3, 0.4) is 0 Å². The first-order chi connectivity index (χ1) is 7.83. The van der Waals surface area contributed by atoms with Gasteiger partial charge in [-0.05, 0) is 26.0 Å². The van der Waals surface area contributed by atoms with E-state index < -0.39 is 12.7 Å². The first kappa shape index (κ1) is 13.3. The number of nitriles is 1. The summed E-state index contributed by atoms with van der Waals surface area (Å²) in [6, 6.07) is 4.42. The summed E-state index contributed by atoms with van der Waals surface area (Å²) in [6.07, 6.45) is -3.01. The Morgan fingerprint density at radius 1 is 1.41 bits per heavy atom. The van der Waals surface area contributed by atoms with E-state index in [0.717, 1.165) is 4.90 Å². The van der Waals surface area contributed by atoms with Gasteiger partial charge in [0.15, 0.2) is 0 Å². The lowest BCUT2D eigenvalue weighted by Crippen LogP contribution is -2.39. The predicted octanol–water partition coefficient (Wildman–Crippen LogP) is 2.73. The molecule has 0 atom stereocenters. The zero-order chi connectivity index (χ0) is 13.1. The van der Waals surface area contributed by atoms with Crippen molar-refractivity contribution in [3.8, 4) is 6.07 Å². The molecule has 0 aliphatic rings. The summed E-state index contributed by atoms with van der Waals surface area (Å²) in [7, 11) is 0. The zero-order valence-electron chi connectivity index (χ0n) is 9.49. The van der Waals surface area contributed by atoms with E-state index in [1.54, 1.807) is 13.8 Å². The van der Waals surface area contributed by atoms with Crippen LogP contribution in [0, 0.1) is 11.3 Å². The van der Waals surface area contributed by atoms with E-state index in [-0.39, 0.29) is 11.9 Å². The summed E-state index contributed by atoms with van der Waals surface area (Å²) >= 11 is 0. The smallest absolute Gasteiger partial charge is 0.345 e. The van der Waals surface area contributed by atoms with E-state index >= 15 is 0 Å². The van der Waals surface area contributed by atoms with Crippen molar-refractivity contribution in [2.75, 3.05) is 11.4 Å². The first-order valence-electron chi connectivity index (χ1n) is 5.03. The molecule has 0 bridgehead atoms. The fourth-order valence-corrected chi connectivity index (χ4v) is 1.34. The van der Waals surface area contributed by atoms with E-state index in [1.807, 2.05) is 6.07 Å². The highest BCUT2D eigenvalue weighted by atomic mass is 19.4. The molecule has 6 heteroatoms. The molecule has 0 aliphatic carbocycles. The molecule has 0 spiro atoms. The standard InChI is InChI=1S/C11H12F3N3/c1-8(2)17(7-11(12,13)14)10-4-3-9(5-15)6-16-10/h3-4,6,8H,7H2,1-2H3. The van der Waals surface area contributed by atoms with Crippen LogP contribution >= 0.6 is 0 Å². The van der Waals surface area contributed by atoms with Gasteiger partial charge in [-0.2, -0.15) is 18.4 Å². The highest BCUT2D eigenvalue weighted by Crippen LogP contribution is 2.22. The molecule has 1 rings (SSSR count). The van der Waals surface area contributed by atoms with Crippen molar-refractivity contribution >= 4 is 5.82 Å². The van der Waals surface area contributed by atoms with Gasteiger partial charge in [0, 0.05) is 12.2 Å². The molecule has 3 nitrogen and oxygen atoms in total. The zero-order valence-corrected chi connectivity index (χ0v) is 9.49. The molecular formula is C11H12F3N3. The molecule has 0 fully saturated rings. The van der Waals surface area contributed by atoms with Gasteiger partial charge in [0.2, 0.25) is 0 Å². The largest absolute Gasteiger partial charge is 0.405 e. The van der Waals surface area contributed by atoms with E-state index in [2.05, 4.69) is 4.98 Å². The molecular weight excluding hydrogens is 231 g/mol. The van der Waals surface area contributed by atoms with Gasteiger partial charge in [-0.3, -0.25) is 0 Å². The summed E-state index contributed by atoms with van der Waals surface area (Å²) in [6.45, 7) is 2.26. The third-order valence-electron chi connectivity index (χ3n) is 2.14. The third-order valence-corrected chi connectivity index (χ3v) is 2.14. The van der Waals surface area contributed by atoms with Crippen LogP contribution in [0.1, 0.15) is 19.4 Å². The Balaban J connectivity index is 2.94. The maximum Gasteiger partial charge on any atom is 0.405 e. The first-order valence-corrected chi connectivity index (χ1v) is 5.03. The molecule has 1 heterocycles. The summed E-state index contributed by atoms with van der Waals surface area (Å²) in [5.41, 5.74) is 0.324. The van der Waals surface area contributed by atoms with Crippen LogP contribution < -0.4 is 4.90 Å². The molecule has 92 valence electrons. The van der Waals surface area contributed by atoms with E-state index in [9.17, 15) is 13.2 Å². The van der Waals surface area contributed by atoms with Crippen LogP contribution in [0.15, 0.2) is 18.3 Å². The van der Waals surface area contributed by atoms with Gasteiger partial charge in [-0.15, -0.1) is 0 Å². The lowest BCUT2D eigenvalue weighted by molar-refractivity contribution is -0.120. The summed E-state index contributed by atoms with van der Waals surface area (Å²) < 4.78 is 37.1. The minimum Gasteiger partial charge on any atom is -0.345 e. The summed E-state index contributed by atoms with van der Waals surface area (Å²) in [5.74, 6) is 0.219. The Hall–Kier alpha value is -1.77. The van der Waals surface area contributed by atoms with Gasteiger partial charge in [0.05, 0.1) is 5.56 Å². The molecule has 1 aromatic heterocycles. The van der Waals surface area contributed by atoms with Crippen molar-refractivity contribution in [3.05, 3.63) is 23.9 Å². The Kier molecular flexibility index (Phi) is 3.94. The van der Waals surface area contributed by atoms with Crippen molar-refractivity contribution in [3.63, 3.8) is 0 Å². The van der Waals surface area contributed by atoms with Crippen molar-refractivity contribution in [2.24, 2.45) is 0 Å². The number of alkyl halides is 3. The van der Waals surface area contributed by atoms with Crippen molar-refractivity contribution < 1.29 is 13.2 Å². The van der Waals surface area contributed by atoms with Gasteiger partial charge in [-0.25, -0.2) is 4.98 Å². The maximum absolute atomic E-state index is 12.4. The highest BCUT2D eigenvalue weighted by Gasteiger charge is 2.32. The van der Waals surface area contributed by atoms with Crippen molar-refractivity contribution in [1.29, 1.82) is 5.26 Å². The van der Waals surface area contributed by atoms with Gasteiger partial charge < -0.3 is 4.90 Å². The number of pyridine rings is 1. The van der Waals surface area contributed by atoms with Crippen molar-refractivity contribution in [2.45, 2.75) is 26.1 Å². The maximum atomic E-state index is 12.4. The van der Waals surface area contributed by atoms with Gasteiger partial charge in [-0.1, -0.05) is 0 Å². The van der Waals surface area contributed by atoms with Crippen molar-refractivity contribution in [1.82, 2.24) is 4.98 Å². The minimum absolute atomic E-state index is 0.219. The molecule has 0 aromatic carbocycles. The molecule has 0 N–H and O–H groups in total. The molecule has 0 saturated carbocycles. The molecule has 0 amide bonds. The van der Waals surface area contributed by atoms with Crippen LogP contribution in [0.4, 0.5) is 19.0 Å². The van der Waals surface area contributed by atoms with Crippen LogP contribution in [0.5, 0.6) is 0 Å².